The zero-order valence-electron chi connectivity index (χ0n) is 24.0. The van der Waals surface area contributed by atoms with Crippen molar-refractivity contribution >= 4 is 11.9 Å². The molecular formula is C33H33F3N2O5. The molecule has 2 aromatic rings. The summed E-state index contributed by atoms with van der Waals surface area (Å²) in [5, 5.41) is 10.1. The normalized spacial score (nSPS) is 31.7. The number of halogens is 3. The van der Waals surface area contributed by atoms with Crippen LogP contribution >= 0.6 is 0 Å². The van der Waals surface area contributed by atoms with E-state index in [9.17, 15) is 27.9 Å². The van der Waals surface area contributed by atoms with Crippen molar-refractivity contribution in [3.05, 3.63) is 58.7 Å². The van der Waals surface area contributed by atoms with E-state index in [1.807, 2.05) is 6.07 Å². The van der Waals surface area contributed by atoms with Gasteiger partial charge in [-0.2, -0.15) is 13.2 Å². The van der Waals surface area contributed by atoms with Gasteiger partial charge in [0.25, 0.3) is 5.91 Å². The molecule has 43 heavy (non-hydrogen) atoms. The predicted octanol–water partition coefficient (Wildman–Crippen LogP) is 3.93. The Balaban J connectivity index is 1.20. The number of nitrogens with zero attached hydrogens (tertiary/aromatic N) is 2. The first-order valence-corrected chi connectivity index (χ1v) is 14.9. The Bertz CT molecular complexity index is 1550. The second-order valence-electron chi connectivity index (χ2n) is 12.7. The number of aliphatic hydroxyl groups is 1. The molecule has 0 aromatic heterocycles. The Morgan fingerprint density at radius 1 is 1.19 bits per heavy atom. The van der Waals surface area contributed by atoms with Gasteiger partial charge < -0.3 is 19.5 Å². The third-order valence-electron chi connectivity index (χ3n) is 10.3. The summed E-state index contributed by atoms with van der Waals surface area (Å²) in [5.41, 5.74) is 1.46. The van der Waals surface area contributed by atoms with Gasteiger partial charge in [0.15, 0.2) is 11.5 Å². The summed E-state index contributed by atoms with van der Waals surface area (Å²) < 4.78 is 51.2. The van der Waals surface area contributed by atoms with Crippen LogP contribution in [0.4, 0.5) is 13.2 Å². The fraction of sp³-hybridized carbons (Fsp3) is 0.515. The number of likely N-dealkylation sites (N-methyl/N-ethyl adjacent to an activating group) is 1. The van der Waals surface area contributed by atoms with Gasteiger partial charge in [-0.3, -0.25) is 14.5 Å². The molecule has 7 atom stereocenters. The number of hydrogen-bond acceptors (Lipinski definition) is 6. The quantitative estimate of drug-likeness (QED) is 0.329. The molecule has 2 saturated carbocycles. The third kappa shape index (κ3) is 4.59. The van der Waals surface area contributed by atoms with Crippen molar-refractivity contribution in [3.8, 4) is 23.3 Å². The Kier molecular flexibility index (Phi) is 6.56. The summed E-state index contributed by atoms with van der Waals surface area (Å²) in [6.07, 6.45) is -0.931. The lowest BCUT2D eigenvalue weighted by Crippen LogP contribution is -2.69. The average Bonchev–Trinajstić information content (AvgIpc) is 3.54. The molecule has 2 heterocycles. The largest absolute Gasteiger partial charge is 0.483 e. The van der Waals surface area contributed by atoms with Crippen LogP contribution in [0.3, 0.4) is 0 Å². The van der Waals surface area contributed by atoms with Gasteiger partial charge in [0, 0.05) is 54.9 Å². The highest BCUT2D eigenvalue weighted by Gasteiger charge is 2.66. The van der Waals surface area contributed by atoms with E-state index in [4.69, 9.17) is 9.47 Å². The lowest BCUT2D eigenvalue weighted by molar-refractivity contribution is -0.137. The number of piperidine rings is 1. The van der Waals surface area contributed by atoms with E-state index in [0.717, 1.165) is 56.5 Å². The van der Waals surface area contributed by atoms with Gasteiger partial charge >= 0.3 is 12.1 Å². The summed E-state index contributed by atoms with van der Waals surface area (Å²) in [6.45, 7) is 3.08. The highest BCUT2D eigenvalue weighted by atomic mass is 19.4. The predicted molar refractivity (Wildman–Crippen MR) is 149 cm³/mol. The summed E-state index contributed by atoms with van der Waals surface area (Å²) in [5.74, 6) is 6.05. The van der Waals surface area contributed by atoms with E-state index < -0.39 is 23.6 Å². The molecule has 1 N–H and O–H groups in total. The molecule has 3 aliphatic carbocycles. The van der Waals surface area contributed by atoms with Crippen LogP contribution in [0.2, 0.25) is 0 Å². The number of carbonyl (C=O) groups excluding carboxylic acids is 2. The maximum absolute atomic E-state index is 13.4. The van der Waals surface area contributed by atoms with E-state index in [1.54, 1.807) is 18.0 Å². The van der Waals surface area contributed by atoms with Crippen molar-refractivity contribution in [1.82, 2.24) is 9.80 Å². The Morgan fingerprint density at radius 2 is 1.93 bits per heavy atom. The number of rotatable bonds is 4. The topological polar surface area (TPSA) is 79.3 Å². The van der Waals surface area contributed by atoms with Crippen molar-refractivity contribution in [2.45, 2.75) is 74.9 Å². The number of amides is 1. The van der Waals surface area contributed by atoms with Gasteiger partial charge in [-0.1, -0.05) is 12.0 Å². The number of benzene rings is 2. The molecule has 7 rings (SSSR count). The minimum absolute atomic E-state index is 0.216. The number of alkyl halides is 3. The van der Waals surface area contributed by atoms with E-state index in [-0.39, 0.29) is 35.6 Å². The molecule has 2 unspecified atom stereocenters. The van der Waals surface area contributed by atoms with Gasteiger partial charge in [-0.25, -0.2) is 0 Å². The molecule has 1 amide bonds. The second kappa shape index (κ2) is 10.00. The maximum Gasteiger partial charge on any atom is 0.416 e. The van der Waals surface area contributed by atoms with E-state index in [2.05, 4.69) is 16.7 Å². The van der Waals surface area contributed by atoms with Crippen LogP contribution in [-0.4, -0.2) is 71.2 Å². The molecule has 10 heteroatoms. The first-order valence-electron chi connectivity index (χ1n) is 14.9. The van der Waals surface area contributed by atoms with Crippen LogP contribution in [0, 0.1) is 23.7 Å². The van der Waals surface area contributed by atoms with Crippen LogP contribution in [-0.2, 0) is 27.6 Å². The SMILES string of the molecule is CC(=O)Oc1ccc2c3c1O[C@H]1[C@@H](N(C)C(=O)C#Cc4ccc(C(F)(F)F)cc4)CC[C@H]4[C@@H](C2)N(CC2CC2O)CC[C@@]341. The van der Waals surface area contributed by atoms with Crippen LogP contribution in [0.1, 0.15) is 54.9 Å². The summed E-state index contributed by atoms with van der Waals surface area (Å²) in [4.78, 5) is 29.5. The molecule has 3 fully saturated rings. The molecule has 0 radical (unpaired) electrons. The standard InChI is InChI=1S/C33H33F3N2O5/c1-18(39)42-27-11-6-20-15-25-23-9-10-24(37(2)28(41)12-5-19-3-7-22(8-4-19)33(34,35)36)31-32(23,29(20)30(27)43-31)13-14-38(25)17-21-16-26(21)40/h3-4,6-8,11,21,23-26,31,40H,9-10,13-17H2,1-2H3/t21?,23-,24-,25+,26?,31-,32-/m0/s1. The molecule has 1 spiro atoms. The molecule has 2 aliphatic heterocycles. The van der Waals surface area contributed by atoms with E-state index in [1.165, 1.54) is 24.6 Å². The van der Waals surface area contributed by atoms with Gasteiger partial charge in [0.05, 0.1) is 17.7 Å². The lowest BCUT2D eigenvalue weighted by Gasteiger charge is -2.60. The Hall–Kier alpha value is -3.55. The Morgan fingerprint density at radius 3 is 2.60 bits per heavy atom. The third-order valence-corrected chi connectivity index (χ3v) is 10.3. The molecule has 2 aromatic carbocycles. The fourth-order valence-corrected chi connectivity index (χ4v) is 8.28. The molecular weight excluding hydrogens is 561 g/mol. The van der Waals surface area contributed by atoms with Gasteiger partial charge in [0.2, 0.25) is 0 Å². The highest BCUT2D eigenvalue weighted by Crippen LogP contribution is 2.64. The van der Waals surface area contributed by atoms with Gasteiger partial charge in [0.1, 0.15) is 6.10 Å². The fourth-order valence-electron chi connectivity index (χ4n) is 8.28. The second-order valence-corrected chi connectivity index (χ2v) is 12.7. The van der Waals surface area contributed by atoms with Crippen LogP contribution in [0.15, 0.2) is 36.4 Å². The van der Waals surface area contributed by atoms with Crippen molar-refractivity contribution in [3.63, 3.8) is 0 Å². The van der Waals surface area contributed by atoms with Crippen LogP contribution in [0.5, 0.6) is 11.5 Å². The zero-order valence-corrected chi connectivity index (χ0v) is 24.0. The number of ether oxygens (including phenoxy) is 2. The molecule has 2 bridgehead atoms. The van der Waals surface area contributed by atoms with E-state index in [0.29, 0.717) is 29.4 Å². The van der Waals surface area contributed by atoms with Crippen molar-refractivity contribution < 1.29 is 37.3 Å². The highest BCUT2D eigenvalue weighted by molar-refractivity contribution is 5.94. The lowest BCUT2D eigenvalue weighted by atomic mass is 9.51. The number of hydrogen-bond donors (Lipinski definition) is 1. The minimum atomic E-state index is -4.44. The Labute approximate surface area is 247 Å². The summed E-state index contributed by atoms with van der Waals surface area (Å²) in [7, 11) is 1.70. The number of esters is 1. The smallest absolute Gasteiger partial charge is 0.416 e. The first-order chi connectivity index (χ1) is 20.5. The van der Waals surface area contributed by atoms with Crippen LogP contribution < -0.4 is 9.47 Å². The van der Waals surface area contributed by atoms with Crippen molar-refractivity contribution in [1.29, 1.82) is 0 Å². The van der Waals surface area contributed by atoms with Crippen LogP contribution in [0.25, 0.3) is 0 Å². The number of carbonyl (C=O) groups is 2. The summed E-state index contributed by atoms with van der Waals surface area (Å²) >= 11 is 0. The van der Waals surface area contributed by atoms with Gasteiger partial charge in [-0.05, 0) is 80.5 Å². The molecule has 1 saturated heterocycles. The average molecular weight is 595 g/mol. The number of likely N-dealkylation sites (tertiary alicyclic amines) is 1. The molecule has 5 aliphatic rings. The maximum atomic E-state index is 13.4. The molecule has 226 valence electrons. The van der Waals surface area contributed by atoms with Gasteiger partial charge in [-0.15, -0.1) is 0 Å². The minimum Gasteiger partial charge on any atom is -0.483 e. The summed E-state index contributed by atoms with van der Waals surface area (Å²) in [6, 6.07) is 8.26. The van der Waals surface area contributed by atoms with Crippen molar-refractivity contribution in [2.24, 2.45) is 11.8 Å². The monoisotopic (exact) mass is 594 g/mol. The number of aliphatic hydroxyl groups excluding tert-OH is 1. The zero-order chi connectivity index (χ0) is 30.3. The van der Waals surface area contributed by atoms with E-state index >= 15 is 0 Å². The van der Waals surface area contributed by atoms with Crippen molar-refractivity contribution in [2.75, 3.05) is 20.1 Å². The molecule has 7 nitrogen and oxygen atoms in total. The first kappa shape index (κ1) is 28.2.